The van der Waals surface area contributed by atoms with Crippen molar-refractivity contribution >= 4 is 5.69 Å². The molecule has 1 heterocycles. The molecule has 22 heavy (non-hydrogen) atoms. The molecule has 0 spiro atoms. The van der Waals surface area contributed by atoms with Crippen LogP contribution in [-0.4, -0.2) is 9.49 Å². The summed E-state index contributed by atoms with van der Waals surface area (Å²) in [5, 5.41) is 10.9. The highest BCUT2D eigenvalue weighted by molar-refractivity contribution is 5.44. The molecule has 8 heteroatoms. The highest BCUT2D eigenvalue weighted by Gasteiger charge is 2.31. The highest BCUT2D eigenvalue weighted by atomic mass is 19.4. The second-order valence-electron chi connectivity index (χ2n) is 4.70. The van der Waals surface area contributed by atoms with E-state index >= 15 is 0 Å². The van der Waals surface area contributed by atoms with E-state index in [2.05, 4.69) is 0 Å². The number of hydrogen-bond acceptors (Lipinski definition) is 3. The van der Waals surface area contributed by atoms with Gasteiger partial charge in [-0.3, -0.25) is 14.9 Å². The Morgan fingerprint density at radius 2 is 1.91 bits per heavy atom. The summed E-state index contributed by atoms with van der Waals surface area (Å²) in [6.45, 7) is 1.32. The number of halogens is 3. The number of nitrogens with zero attached hydrogens (tertiary/aromatic N) is 2. The lowest BCUT2D eigenvalue weighted by atomic mass is 10.1. The van der Waals surface area contributed by atoms with Crippen LogP contribution in [0.4, 0.5) is 18.9 Å². The molecule has 5 nitrogen and oxygen atoms in total. The summed E-state index contributed by atoms with van der Waals surface area (Å²) < 4.78 is 38.9. The average Bonchev–Trinajstić information content (AvgIpc) is 2.41. The Balaban J connectivity index is 2.46. The van der Waals surface area contributed by atoms with Crippen molar-refractivity contribution in [2.24, 2.45) is 0 Å². The normalized spacial score (nSPS) is 11.5. The molecule has 0 aliphatic heterocycles. The van der Waals surface area contributed by atoms with Gasteiger partial charge in [0.1, 0.15) is 0 Å². The molecule has 0 saturated carbocycles. The fraction of sp³-hybridized carbons (Fsp3) is 0.214. The van der Waals surface area contributed by atoms with Gasteiger partial charge in [0.15, 0.2) is 0 Å². The number of aromatic nitrogens is 1. The van der Waals surface area contributed by atoms with Crippen LogP contribution < -0.4 is 5.56 Å². The van der Waals surface area contributed by atoms with Crippen molar-refractivity contribution in [3.05, 3.63) is 73.7 Å². The first-order valence-electron chi connectivity index (χ1n) is 6.20. The number of benzene rings is 1. The topological polar surface area (TPSA) is 65.1 Å². The first-order chi connectivity index (χ1) is 10.2. The number of rotatable bonds is 3. The summed E-state index contributed by atoms with van der Waals surface area (Å²) in [6.07, 6.45) is -3.85. The Morgan fingerprint density at radius 3 is 2.50 bits per heavy atom. The van der Waals surface area contributed by atoms with Crippen LogP contribution >= 0.6 is 0 Å². The van der Waals surface area contributed by atoms with Gasteiger partial charge < -0.3 is 4.57 Å². The molecule has 0 N–H and O–H groups in total. The predicted molar refractivity (Wildman–Crippen MR) is 72.6 cm³/mol. The zero-order valence-corrected chi connectivity index (χ0v) is 11.4. The van der Waals surface area contributed by atoms with Crippen molar-refractivity contribution in [2.75, 3.05) is 0 Å². The molecule has 2 rings (SSSR count). The molecule has 0 radical (unpaired) electrons. The van der Waals surface area contributed by atoms with Gasteiger partial charge in [0, 0.05) is 23.9 Å². The second kappa shape index (κ2) is 5.63. The van der Waals surface area contributed by atoms with Gasteiger partial charge in [-0.2, -0.15) is 13.2 Å². The highest BCUT2D eigenvalue weighted by Crippen LogP contribution is 2.28. The Morgan fingerprint density at radius 1 is 1.23 bits per heavy atom. The molecule has 2 aromatic rings. The molecular weight excluding hydrogens is 301 g/mol. The van der Waals surface area contributed by atoms with Crippen LogP contribution in [0.25, 0.3) is 0 Å². The SMILES string of the molecule is Cc1c(Cn2cc(C(F)(F)F)ccc2=O)cccc1[N+](=O)[O-]. The van der Waals surface area contributed by atoms with Crippen LogP contribution in [0.5, 0.6) is 0 Å². The fourth-order valence-electron chi connectivity index (χ4n) is 2.05. The average molecular weight is 312 g/mol. The van der Waals surface area contributed by atoms with Crippen molar-refractivity contribution in [1.29, 1.82) is 0 Å². The van der Waals surface area contributed by atoms with Gasteiger partial charge in [-0.05, 0) is 18.6 Å². The van der Waals surface area contributed by atoms with Crippen molar-refractivity contribution < 1.29 is 18.1 Å². The van der Waals surface area contributed by atoms with Gasteiger partial charge in [-0.15, -0.1) is 0 Å². The first kappa shape index (κ1) is 15.7. The van der Waals surface area contributed by atoms with Gasteiger partial charge in [-0.1, -0.05) is 12.1 Å². The van der Waals surface area contributed by atoms with Crippen molar-refractivity contribution in [2.45, 2.75) is 19.6 Å². The molecule has 0 atom stereocenters. The minimum absolute atomic E-state index is 0.141. The van der Waals surface area contributed by atoms with Gasteiger partial charge in [-0.25, -0.2) is 0 Å². The molecule has 0 saturated heterocycles. The van der Waals surface area contributed by atoms with E-state index in [-0.39, 0.29) is 12.2 Å². The molecule has 0 aliphatic carbocycles. The van der Waals surface area contributed by atoms with E-state index < -0.39 is 22.2 Å². The van der Waals surface area contributed by atoms with Gasteiger partial charge in [0.2, 0.25) is 0 Å². The Hall–Kier alpha value is -2.64. The van der Waals surface area contributed by atoms with Crippen molar-refractivity contribution in [3.8, 4) is 0 Å². The zero-order valence-electron chi connectivity index (χ0n) is 11.4. The van der Waals surface area contributed by atoms with Gasteiger partial charge in [0.25, 0.3) is 11.2 Å². The van der Waals surface area contributed by atoms with Crippen molar-refractivity contribution in [1.82, 2.24) is 4.57 Å². The first-order valence-corrected chi connectivity index (χ1v) is 6.20. The van der Waals surface area contributed by atoms with Crippen LogP contribution in [0.2, 0.25) is 0 Å². The molecule has 116 valence electrons. The number of pyridine rings is 1. The quantitative estimate of drug-likeness (QED) is 0.646. The molecule has 0 bridgehead atoms. The largest absolute Gasteiger partial charge is 0.417 e. The number of nitro groups is 1. The van der Waals surface area contributed by atoms with E-state index in [0.29, 0.717) is 23.4 Å². The Kier molecular flexibility index (Phi) is 4.03. The standard InChI is InChI=1S/C14H11F3N2O3/c1-9-10(3-2-4-12(9)19(21)22)7-18-8-11(14(15,16)17)5-6-13(18)20/h2-6,8H,7H2,1H3. The maximum atomic E-state index is 12.7. The lowest BCUT2D eigenvalue weighted by molar-refractivity contribution is -0.385. The third-order valence-corrected chi connectivity index (χ3v) is 3.27. The van der Waals surface area contributed by atoms with E-state index in [1.54, 1.807) is 0 Å². The summed E-state index contributed by atoms with van der Waals surface area (Å²) in [5.74, 6) is 0. The lowest BCUT2D eigenvalue weighted by Gasteiger charge is -2.12. The monoisotopic (exact) mass is 312 g/mol. The minimum Gasteiger partial charge on any atom is -0.310 e. The second-order valence-corrected chi connectivity index (χ2v) is 4.70. The molecule has 1 aromatic heterocycles. The number of alkyl halides is 3. The van der Waals surface area contributed by atoms with Crippen LogP contribution in [0.1, 0.15) is 16.7 Å². The third kappa shape index (κ3) is 3.16. The smallest absolute Gasteiger partial charge is 0.310 e. The van der Waals surface area contributed by atoms with E-state index in [1.807, 2.05) is 0 Å². The predicted octanol–water partition coefficient (Wildman–Crippen LogP) is 3.13. The maximum absolute atomic E-state index is 12.7. The maximum Gasteiger partial charge on any atom is 0.417 e. The lowest BCUT2D eigenvalue weighted by Crippen LogP contribution is -2.22. The molecule has 0 aliphatic rings. The van der Waals surface area contributed by atoms with E-state index in [1.165, 1.54) is 25.1 Å². The molecule has 1 aromatic carbocycles. The van der Waals surface area contributed by atoms with Gasteiger partial charge >= 0.3 is 6.18 Å². The van der Waals surface area contributed by atoms with E-state index in [0.717, 1.165) is 10.6 Å². The Labute approximate surface area is 122 Å². The summed E-state index contributed by atoms with van der Waals surface area (Å²) in [7, 11) is 0. The summed E-state index contributed by atoms with van der Waals surface area (Å²) in [6, 6.07) is 5.80. The fourth-order valence-corrected chi connectivity index (χ4v) is 2.05. The summed E-state index contributed by atoms with van der Waals surface area (Å²) in [5.41, 5.74) is -0.973. The summed E-state index contributed by atoms with van der Waals surface area (Å²) in [4.78, 5) is 22.0. The van der Waals surface area contributed by atoms with E-state index in [4.69, 9.17) is 0 Å². The van der Waals surface area contributed by atoms with Crippen molar-refractivity contribution in [3.63, 3.8) is 0 Å². The molecule has 0 fully saturated rings. The van der Waals surface area contributed by atoms with Crippen LogP contribution in [0, 0.1) is 17.0 Å². The molecular formula is C14H11F3N2O3. The van der Waals surface area contributed by atoms with Crippen LogP contribution in [0.3, 0.4) is 0 Å². The Bertz CT molecular complexity index is 782. The zero-order chi connectivity index (χ0) is 16.5. The molecule has 0 amide bonds. The third-order valence-electron chi connectivity index (χ3n) is 3.27. The van der Waals surface area contributed by atoms with Crippen LogP contribution in [0.15, 0.2) is 41.3 Å². The molecule has 0 unspecified atom stereocenters. The van der Waals surface area contributed by atoms with Crippen LogP contribution in [-0.2, 0) is 12.7 Å². The number of hydrogen-bond donors (Lipinski definition) is 0. The number of nitro benzene ring substituents is 1. The van der Waals surface area contributed by atoms with Gasteiger partial charge in [0.05, 0.1) is 17.0 Å². The summed E-state index contributed by atoms with van der Waals surface area (Å²) >= 11 is 0. The van der Waals surface area contributed by atoms with E-state index in [9.17, 15) is 28.1 Å². The minimum atomic E-state index is -4.56.